The van der Waals surface area contributed by atoms with Crippen LogP contribution in [0.25, 0.3) is 0 Å². The maximum Gasteiger partial charge on any atom is 0.0781 e. The van der Waals surface area contributed by atoms with Crippen molar-refractivity contribution in [1.82, 2.24) is 5.32 Å². The van der Waals surface area contributed by atoms with Gasteiger partial charge in [-0.1, -0.05) is 13.8 Å². The van der Waals surface area contributed by atoms with Gasteiger partial charge >= 0.3 is 0 Å². The molecule has 0 aromatic rings. The molecule has 3 heteroatoms. The molecule has 0 aromatic heterocycles. The molecule has 3 nitrogen and oxygen atoms in total. The molecule has 0 saturated heterocycles. The molecule has 0 aliphatic heterocycles. The zero-order valence-electron chi connectivity index (χ0n) is 10.9. The Bertz CT molecular complexity index is 140. The molecule has 2 unspecified atom stereocenters. The third-order valence-electron chi connectivity index (χ3n) is 2.53. The molecule has 0 bridgehead atoms. The fraction of sp³-hybridized carbons (Fsp3) is 1.00. The molecule has 92 valence electrons. The standard InChI is InChI=1S/C12H27NO2/c1-6-14-9-11(4)15-8-7-13-12(5)10(2)3/h10-13H,6-9H2,1-5H3. The van der Waals surface area contributed by atoms with E-state index in [1.54, 1.807) is 0 Å². The molecular weight excluding hydrogens is 190 g/mol. The van der Waals surface area contributed by atoms with Crippen molar-refractivity contribution in [2.45, 2.75) is 46.8 Å². The second kappa shape index (κ2) is 9.13. The molecule has 0 rings (SSSR count). The summed E-state index contributed by atoms with van der Waals surface area (Å²) in [5.41, 5.74) is 0. The second-order valence-electron chi connectivity index (χ2n) is 4.33. The van der Waals surface area contributed by atoms with Crippen LogP contribution in [-0.2, 0) is 9.47 Å². The highest BCUT2D eigenvalue weighted by Crippen LogP contribution is 1.99. The Labute approximate surface area is 94.5 Å². The van der Waals surface area contributed by atoms with Gasteiger partial charge in [-0.05, 0) is 26.7 Å². The lowest BCUT2D eigenvalue weighted by atomic mass is 10.1. The quantitative estimate of drug-likeness (QED) is 0.600. The minimum atomic E-state index is 0.195. The molecule has 1 N–H and O–H groups in total. The SMILES string of the molecule is CCOCC(C)OCCNC(C)C(C)C. The van der Waals surface area contributed by atoms with Crippen LogP contribution < -0.4 is 5.32 Å². The van der Waals surface area contributed by atoms with Crippen molar-refractivity contribution < 1.29 is 9.47 Å². The van der Waals surface area contributed by atoms with E-state index >= 15 is 0 Å². The summed E-state index contributed by atoms with van der Waals surface area (Å²) in [7, 11) is 0. The number of rotatable bonds is 9. The Hall–Kier alpha value is -0.120. The summed E-state index contributed by atoms with van der Waals surface area (Å²) in [6.07, 6.45) is 0.195. The van der Waals surface area contributed by atoms with Crippen molar-refractivity contribution in [2.24, 2.45) is 5.92 Å². The van der Waals surface area contributed by atoms with E-state index in [-0.39, 0.29) is 6.10 Å². The Balaban J connectivity index is 3.30. The highest BCUT2D eigenvalue weighted by atomic mass is 16.5. The third-order valence-corrected chi connectivity index (χ3v) is 2.53. The average Bonchev–Trinajstić information content (AvgIpc) is 2.20. The van der Waals surface area contributed by atoms with Crippen molar-refractivity contribution in [3.63, 3.8) is 0 Å². The highest BCUT2D eigenvalue weighted by molar-refractivity contribution is 4.63. The normalized spacial score (nSPS) is 15.6. The van der Waals surface area contributed by atoms with E-state index in [0.717, 1.165) is 19.8 Å². The van der Waals surface area contributed by atoms with Gasteiger partial charge in [-0.25, -0.2) is 0 Å². The zero-order chi connectivity index (χ0) is 11.7. The van der Waals surface area contributed by atoms with Crippen LogP contribution in [-0.4, -0.2) is 38.5 Å². The van der Waals surface area contributed by atoms with Gasteiger partial charge in [0.25, 0.3) is 0 Å². The molecule has 2 atom stereocenters. The summed E-state index contributed by atoms with van der Waals surface area (Å²) in [5, 5.41) is 3.43. The first kappa shape index (κ1) is 14.9. The molecular formula is C12H27NO2. The molecule has 0 fully saturated rings. The van der Waals surface area contributed by atoms with Gasteiger partial charge in [0.1, 0.15) is 0 Å². The lowest BCUT2D eigenvalue weighted by Gasteiger charge is -2.18. The Morgan fingerprint density at radius 1 is 1.13 bits per heavy atom. The Kier molecular flexibility index (Phi) is 9.06. The largest absolute Gasteiger partial charge is 0.379 e. The van der Waals surface area contributed by atoms with E-state index in [1.807, 2.05) is 13.8 Å². The van der Waals surface area contributed by atoms with Crippen molar-refractivity contribution in [1.29, 1.82) is 0 Å². The van der Waals surface area contributed by atoms with Gasteiger partial charge in [-0.3, -0.25) is 0 Å². The Morgan fingerprint density at radius 3 is 2.33 bits per heavy atom. The van der Waals surface area contributed by atoms with Crippen LogP contribution in [0.15, 0.2) is 0 Å². The zero-order valence-corrected chi connectivity index (χ0v) is 10.9. The number of hydrogen-bond donors (Lipinski definition) is 1. The van der Waals surface area contributed by atoms with E-state index in [4.69, 9.17) is 9.47 Å². The number of nitrogens with one attached hydrogen (secondary N) is 1. The lowest BCUT2D eigenvalue weighted by Crippen LogP contribution is -2.34. The van der Waals surface area contributed by atoms with E-state index < -0.39 is 0 Å². The van der Waals surface area contributed by atoms with Crippen LogP contribution in [0.2, 0.25) is 0 Å². The van der Waals surface area contributed by atoms with Crippen LogP contribution in [0.3, 0.4) is 0 Å². The van der Waals surface area contributed by atoms with Gasteiger partial charge in [0, 0.05) is 19.2 Å². The van der Waals surface area contributed by atoms with Crippen molar-refractivity contribution in [3.8, 4) is 0 Å². The van der Waals surface area contributed by atoms with Crippen LogP contribution in [0.5, 0.6) is 0 Å². The molecule has 0 amide bonds. The maximum atomic E-state index is 5.59. The second-order valence-corrected chi connectivity index (χ2v) is 4.33. The smallest absolute Gasteiger partial charge is 0.0781 e. The van der Waals surface area contributed by atoms with Gasteiger partial charge < -0.3 is 14.8 Å². The van der Waals surface area contributed by atoms with E-state index in [2.05, 4.69) is 26.1 Å². The lowest BCUT2D eigenvalue weighted by molar-refractivity contribution is -0.00259. The summed E-state index contributed by atoms with van der Waals surface area (Å²) < 4.78 is 10.9. The van der Waals surface area contributed by atoms with Crippen molar-refractivity contribution in [2.75, 3.05) is 26.4 Å². The van der Waals surface area contributed by atoms with E-state index in [1.165, 1.54) is 0 Å². The predicted molar refractivity (Wildman–Crippen MR) is 64.2 cm³/mol. The summed E-state index contributed by atoms with van der Waals surface area (Å²) in [6.45, 7) is 13.8. The first-order chi connectivity index (χ1) is 7.07. The summed E-state index contributed by atoms with van der Waals surface area (Å²) in [5.74, 6) is 0.672. The van der Waals surface area contributed by atoms with Crippen molar-refractivity contribution in [3.05, 3.63) is 0 Å². The number of hydrogen-bond acceptors (Lipinski definition) is 3. The van der Waals surface area contributed by atoms with Crippen molar-refractivity contribution >= 4 is 0 Å². The predicted octanol–water partition coefficient (Wildman–Crippen LogP) is 2.06. The monoisotopic (exact) mass is 217 g/mol. The minimum Gasteiger partial charge on any atom is -0.379 e. The molecule has 0 radical (unpaired) electrons. The molecule has 15 heavy (non-hydrogen) atoms. The molecule has 0 aromatic carbocycles. The first-order valence-corrected chi connectivity index (χ1v) is 6.00. The van der Waals surface area contributed by atoms with Crippen LogP contribution >= 0.6 is 0 Å². The summed E-state index contributed by atoms with van der Waals surface area (Å²) in [4.78, 5) is 0. The minimum absolute atomic E-state index is 0.195. The van der Waals surface area contributed by atoms with Crippen LogP contribution in [0, 0.1) is 5.92 Å². The maximum absolute atomic E-state index is 5.59. The van der Waals surface area contributed by atoms with E-state index in [0.29, 0.717) is 18.6 Å². The van der Waals surface area contributed by atoms with Gasteiger partial charge in [0.2, 0.25) is 0 Å². The highest BCUT2D eigenvalue weighted by Gasteiger charge is 2.06. The summed E-state index contributed by atoms with van der Waals surface area (Å²) >= 11 is 0. The van der Waals surface area contributed by atoms with Crippen LogP contribution in [0.4, 0.5) is 0 Å². The molecule has 0 aliphatic rings. The molecule has 0 saturated carbocycles. The van der Waals surface area contributed by atoms with E-state index in [9.17, 15) is 0 Å². The van der Waals surface area contributed by atoms with Gasteiger partial charge in [-0.15, -0.1) is 0 Å². The van der Waals surface area contributed by atoms with Gasteiger partial charge in [-0.2, -0.15) is 0 Å². The third kappa shape index (κ3) is 8.85. The summed E-state index contributed by atoms with van der Waals surface area (Å²) in [6, 6.07) is 0.552. The first-order valence-electron chi connectivity index (χ1n) is 6.00. The molecule has 0 heterocycles. The van der Waals surface area contributed by atoms with Gasteiger partial charge in [0.15, 0.2) is 0 Å². The fourth-order valence-electron chi connectivity index (χ4n) is 1.11. The average molecular weight is 217 g/mol. The van der Waals surface area contributed by atoms with Gasteiger partial charge in [0.05, 0.1) is 19.3 Å². The molecule has 0 aliphatic carbocycles. The fourth-order valence-corrected chi connectivity index (χ4v) is 1.11. The Morgan fingerprint density at radius 2 is 1.80 bits per heavy atom. The van der Waals surface area contributed by atoms with Crippen LogP contribution in [0.1, 0.15) is 34.6 Å². The molecule has 0 spiro atoms. The topological polar surface area (TPSA) is 30.5 Å². The number of ether oxygens (including phenoxy) is 2.